The van der Waals surface area contributed by atoms with Gasteiger partial charge in [-0.1, -0.05) is 0 Å². The van der Waals surface area contributed by atoms with Gasteiger partial charge in [-0.25, -0.2) is 4.79 Å². The average molecular weight is 293 g/mol. The third-order valence-corrected chi connectivity index (χ3v) is 2.49. The van der Waals surface area contributed by atoms with Crippen LogP contribution in [0, 0.1) is 10.1 Å². The Morgan fingerprint density at radius 2 is 1.90 bits per heavy atom. The lowest BCUT2D eigenvalue weighted by atomic mass is 10.1. The number of nitro groups is 1. The average Bonchev–Trinajstić information content (AvgIpc) is 2.45. The third kappa shape index (κ3) is 4.81. The Kier molecular flexibility index (Phi) is 6.22. The van der Waals surface area contributed by atoms with Crippen molar-refractivity contribution in [2.24, 2.45) is 0 Å². The number of ether oxygens (including phenoxy) is 2. The van der Waals surface area contributed by atoms with Gasteiger partial charge in [-0.05, 0) is 30.7 Å². The minimum absolute atomic E-state index is 0.0759. The molecule has 0 spiro atoms. The molecule has 0 unspecified atom stereocenters. The number of carbonyl (C=O) groups is 2. The first-order valence-electron chi connectivity index (χ1n) is 6.15. The number of methoxy groups -OCH3 is 1. The van der Waals surface area contributed by atoms with E-state index in [0.717, 1.165) is 0 Å². The number of nitro benzene ring substituents is 1. The highest BCUT2D eigenvalue weighted by molar-refractivity contribution is 6.21. The fraction of sp³-hybridized carbons (Fsp3) is 0.286. The molecular weight excluding hydrogens is 278 g/mol. The van der Waals surface area contributed by atoms with E-state index in [4.69, 9.17) is 9.47 Å². The van der Waals surface area contributed by atoms with Crippen molar-refractivity contribution in [1.29, 1.82) is 0 Å². The second kappa shape index (κ2) is 7.91. The van der Waals surface area contributed by atoms with E-state index in [2.05, 4.69) is 0 Å². The fourth-order valence-corrected chi connectivity index (χ4v) is 1.53. The monoisotopic (exact) mass is 293 g/mol. The van der Waals surface area contributed by atoms with E-state index >= 15 is 0 Å². The predicted molar refractivity (Wildman–Crippen MR) is 74.6 cm³/mol. The van der Waals surface area contributed by atoms with Crippen molar-refractivity contribution < 1.29 is 24.0 Å². The highest BCUT2D eigenvalue weighted by atomic mass is 16.6. The maximum atomic E-state index is 11.8. The lowest BCUT2D eigenvalue weighted by molar-refractivity contribution is -0.384. The summed E-state index contributed by atoms with van der Waals surface area (Å²) in [5.41, 5.74) is 0.244. The number of rotatable bonds is 7. The molecule has 0 aliphatic heterocycles. The molecule has 0 atom stereocenters. The van der Waals surface area contributed by atoms with Crippen molar-refractivity contribution in [3.05, 3.63) is 45.5 Å². The lowest BCUT2D eigenvalue weighted by Crippen LogP contribution is -2.19. The minimum Gasteiger partial charge on any atom is -0.462 e. The number of carbonyl (C=O) groups excluding carboxylic acids is 2. The van der Waals surface area contributed by atoms with E-state index in [1.165, 1.54) is 37.5 Å². The van der Waals surface area contributed by atoms with E-state index in [1.54, 1.807) is 6.92 Å². The van der Waals surface area contributed by atoms with Gasteiger partial charge in [-0.2, -0.15) is 0 Å². The minimum atomic E-state index is -0.752. The first kappa shape index (κ1) is 16.5. The molecule has 7 nitrogen and oxygen atoms in total. The Bertz CT molecular complexity index is 541. The molecule has 0 heterocycles. The molecule has 0 fully saturated rings. The maximum absolute atomic E-state index is 11.8. The molecule has 112 valence electrons. The number of ketones is 1. The van der Waals surface area contributed by atoms with Crippen molar-refractivity contribution in [2.45, 2.75) is 6.92 Å². The summed E-state index contributed by atoms with van der Waals surface area (Å²) >= 11 is 0. The van der Waals surface area contributed by atoms with Gasteiger partial charge in [-0.3, -0.25) is 14.9 Å². The first-order chi connectivity index (χ1) is 9.99. The Labute approximate surface area is 121 Å². The van der Waals surface area contributed by atoms with Gasteiger partial charge < -0.3 is 9.47 Å². The molecule has 21 heavy (non-hydrogen) atoms. The topological polar surface area (TPSA) is 95.7 Å². The second-order valence-corrected chi connectivity index (χ2v) is 3.98. The van der Waals surface area contributed by atoms with Crippen molar-refractivity contribution in [3.8, 4) is 0 Å². The summed E-state index contributed by atoms with van der Waals surface area (Å²) in [6.45, 7) is 1.51. The summed E-state index contributed by atoms with van der Waals surface area (Å²) in [6.07, 6.45) is 1.32. The van der Waals surface area contributed by atoms with Crippen LogP contribution in [0.25, 0.3) is 6.08 Å². The highest BCUT2D eigenvalue weighted by Crippen LogP contribution is 2.15. The van der Waals surface area contributed by atoms with E-state index < -0.39 is 16.7 Å². The normalized spacial score (nSPS) is 11.0. The van der Waals surface area contributed by atoms with Crippen LogP contribution in [0.5, 0.6) is 0 Å². The van der Waals surface area contributed by atoms with Crippen LogP contribution < -0.4 is 0 Å². The molecule has 0 aromatic heterocycles. The third-order valence-electron chi connectivity index (χ3n) is 2.49. The SMILES string of the molecule is CCOC(=O)/C(=C/c1ccc([N+](=O)[O-])cc1)C(=O)COC. The van der Waals surface area contributed by atoms with Crippen molar-refractivity contribution in [1.82, 2.24) is 0 Å². The summed E-state index contributed by atoms with van der Waals surface area (Å²) in [7, 11) is 1.34. The van der Waals surface area contributed by atoms with Gasteiger partial charge in [0.2, 0.25) is 0 Å². The molecule has 1 rings (SSSR count). The molecule has 7 heteroatoms. The summed E-state index contributed by atoms with van der Waals surface area (Å²) < 4.78 is 9.53. The molecule has 0 saturated carbocycles. The first-order valence-corrected chi connectivity index (χ1v) is 6.15. The van der Waals surface area contributed by atoms with Crippen molar-refractivity contribution >= 4 is 23.5 Å². The summed E-state index contributed by atoms with van der Waals surface area (Å²) in [4.78, 5) is 33.6. The van der Waals surface area contributed by atoms with Crippen LogP contribution in [0.1, 0.15) is 12.5 Å². The molecule has 0 aliphatic carbocycles. The number of nitrogens with zero attached hydrogens (tertiary/aromatic N) is 1. The number of hydrogen-bond donors (Lipinski definition) is 0. The molecule has 0 aliphatic rings. The number of Topliss-reactive ketones (excluding diaryl/α,β-unsaturated/α-hetero) is 1. The standard InChI is InChI=1S/C14H15NO6/c1-3-21-14(17)12(13(16)9-20-2)8-10-4-6-11(7-5-10)15(18)19/h4-8H,3,9H2,1-2H3/b12-8+. The molecule has 0 amide bonds. The number of esters is 1. The van der Waals surface area contributed by atoms with Crippen LogP contribution in [-0.4, -0.2) is 37.0 Å². The summed E-state index contributed by atoms with van der Waals surface area (Å²) in [5.74, 6) is -1.27. The van der Waals surface area contributed by atoms with Crippen LogP contribution in [0.15, 0.2) is 29.8 Å². The van der Waals surface area contributed by atoms with E-state index in [0.29, 0.717) is 5.56 Å². The van der Waals surface area contributed by atoms with Gasteiger partial charge in [0.05, 0.1) is 11.5 Å². The predicted octanol–water partition coefficient (Wildman–Crippen LogP) is 1.76. The smallest absolute Gasteiger partial charge is 0.341 e. The lowest BCUT2D eigenvalue weighted by Gasteiger charge is -2.06. The van der Waals surface area contributed by atoms with Crippen molar-refractivity contribution in [3.63, 3.8) is 0 Å². The zero-order chi connectivity index (χ0) is 15.8. The molecule has 1 aromatic carbocycles. The Balaban J connectivity index is 3.08. The maximum Gasteiger partial charge on any atom is 0.341 e. The van der Waals surface area contributed by atoms with Gasteiger partial charge >= 0.3 is 5.97 Å². The number of benzene rings is 1. The van der Waals surface area contributed by atoms with Crippen LogP contribution >= 0.6 is 0 Å². The Hall–Kier alpha value is -2.54. The molecule has 0 N–H and O–H groups in total. The fourth-order valence-electron chi connectivity index (χ4n) is 1.53. The van der Waals surface area contributed by atoms with Gasteiger partial charge in [-0.15, -0.1) is 0 Å². The molecule has 0 bridgehead atoms. The second-order valence-electron chi connectivity index (χ2n) is 3.98. The quantitative estimate of drug-likeness (QED) is 0.190. The number of hydrogen-bond acceptors (Lipinski definition) is 6. The van der Waals surface area contributed by atoms with Crippen LogP contribution in [0.3, 0.4) is 0 Å². The van der Waals surface area contributed by atoms with E-state index in [9.17, 15) is 19.7 Å². The largest absolute Gasteiger partial charge is 0.462 e. The van der Waals surface area contributed by atoms with Crippen LogP contribution in [-0.2, 0) is 19.1 Å². The molecular formula is C14H15NO6. The Morgan fingerprint density at radius 1 is 1.29 bits per heavy atom. The Morgan fingerprint density at radius 3 is 2.38 bits per heavy atom. The summed E-state index contributed by atoms with van der Waals surface area (Å²) in [5, 5.41) is 10.6. The number of non-ortho nitro benzene ring substituents is 1. The zero-order valence-corrected chi connectivity index (χ0v) is 11.7. The molecule has 0 radical (unpaired) electrons. The van der Waals surface area contributed by atoms with Crippen LogP contribution in [0.2, 0.25) is 0 Å². The van der Waals surface area contributed by atoms with E-state index in [-0.39, 0.29) is 24.5 Å². The zero-order valence-electron chi connectivity index (χ0n) is 11.7. The van der Waals surface area contributed by atoms with Gasteiger partial charge in [0.15, 0.2) is 5.78 Å². The summed E-state index contributed by atoms with van der Waals surface area (Å²) in [6, 6.07) is 5.46. The van der Waals surface area contributed by atoms with Gasteiger partial charge in [0.25, 0.3) is 5.69 Å². The van der Waals surface area contributed by atoms with Gasteiger partial charge in [0.1, 0.15) is 12.2 Å². The van der Waals surface area contributed by atoms with Crippen molar-refractivity contribution in [2.75, 3.05) is 20.3 Å². The molecule has 0 saturated heterocycles. The van der Waals surface area contributed by atoms with Crippen LogP contribution in [0.4, 0.5) is 5.69 Å². The highest BCUT2D eigenvalue weighted by Gasteiger charge is 2.19. The van der Waals surface area contributed by atoms with Gasteiger partial charge in [0, 0.05) is 19.2 Å². The molecule has 1 aromatic rings. The van der Waals surface area contributed by atoms with E-state index in [1.807, 2.05) is 0 Å².